The molecule has 0 saturated heterocycles. The van der Waals surface area contributed by atoms with E-state index < -0.39 is 0 Å². The van der Waals surface area contributed by atoms with Crippen LogP contribution in [0.4, 0.5) is 5.82 Å². The number of aromatic nitrogens is 5. The van der Waals surface area contributed by atoms with Crippen LogP contribution in [-0.2, 0) is 13.5 Å². The molecule has 6 nitrogen and oxygen atoms in total. The van der Waals surface area contributed by atoms with Crippen LogP contribution < -0.4 is 5.32 Å². The molecule has 1 saturated carbocycles. The summed E-state index contributed by atoms with van der Waals surface area (Å²) < 4.78 is 1.94. The van der Waals surface area contributed by atoms with Crippen LogP contribution in [0.2, 0.25) is 0 Å². The van der Waals surface area contributed by atoms with Gasteiger partial charge in [0.15, 0.2) is 0 Å². The Morgan fingerprint density at radius 3 is 3.00 bits per heavy atom. The van der Waals surface area contributed by atoms with Gasteiger partial charge in [0, 0.05) is 30.9 Å². The zero-order valence-corrected chi connectivity index (χ0v) is 13.1. The van der Waals surface area contributed by atoms with E-state index in [1.807, 2.05) is 24.1 Å². The summed E-state index contributed by atoms with van der Waals surface area (Å²) in [5, 5.41) is 9.07. The summed E-state index contributed by atoms with van der Waals surface area (Å²) in [6.45, 7) is 4.28. The molecule has 2 N–H and O–H groups in total. The van der Waals surface area contributed by atoms with Crippen LogP contribution >= 0.6 is 0 Å². The molecule has 0 spiro atoms. The van der Waals surface area contributed by atoms with Gasteiger partial charge in [0.25, 0.3) is 0 Å². The quantitative estimate of drug-likeness (QED) is 0.776. The molecule has 22 heavy (non-hydrogen) atoms. The second-order valence-corrected chi connectivity index (χ2v) is 6.02. The van der Waals surface area contributed by atoms with Gasteiger partial charge in [0.2, 0.25) is 0 Å². The van der Waals surface area contributed by atoms with Crippen LogP contribution in [0, 0.1) is 6.92 Å². The molecule has 1 aliphatic carbocycles. The van der Waals surface area contributed by atoms with E-state index >= 15 is 0 Å². The lowest BCUT2D eigenvalue weighted by Crippen LogP contribution is -2.07. The number of nitrogens with one attached hydrogen (secondary N) is 2. The minimum absolute atomic E-state index is 0.431. The Morgan fingerprint density at radius 1 is 1.41 bits per heavy atom. The molecule has 4 rings (SSSR count). The lowest BCUT2D eigenvalue weighted by molar-refractivity contribution is 0.737. The van der Waals surface area contributed by atoms with E-state index in [-0.39, 0.29) is 0 Å². The number of hydrogen-bond acceptors (Lipinski definition) is 4. The van der Waals surface area contributed by atoms with E-state index in [1.54, 1.807) is 6.33 Å². The number of H-pyrrole nitrogens is 1. The molecule has 1 fully saturated rings. The number of aryl methyl sites for hydroxylation is 2. The highest BCUT2D eigenvalue weighted by molar-refractivity contribution is 5.90. The summed E-state index contributed by atoms with van der Waals surface area (Å²) in [5.41, 5.74) is 4.75. The van der Waals surface area contributed by atoms with Crippen molar-refractivity contribution in [2.45, 2.75) is 38.6 Å². The maximum Gasteiger partial charge on any atom is 0.143 e. The summed E-state index contributed by atoms with van der Waals surface area (Å²) in [7, 11) is 1.99. The van der Waals surface area contributed by atoms with Gasteiger partial charge in [-0.25, -0.2) is 9.97 Å². The molecule has 0 radical (unpaired) electrons. The highest BCUT2D eigenvalue weighted by atomic mass is 15.3. The van der Waals surface area contributed by atoms with Crippen molar-refractivity contribution >= 4 is 16.9 Å². The van der Waals surface area contributed by atoms with E-state index in [0.29, 0.717) is 12.0 Å². The third kappa shape index (κ3) is 1.98. The highest BCUT2D eigenvalue weighted by Gasteiger charge is 2.40. The third-order valence-electron chi connectivity index (χ3n) is 4.72. The molecule has 2 atom stereocenters. The molecule has 0 bridgehead atoms. The number of fused-ring (bicyclic) bond motifs is 1. The van der Waals surface area contributed by atoms with Crippen molar-refractivity contribution in [3.63, 3.8) is 0 Å². The van der Waals surface area contributed by atoms with E-state index in [9.17, 15) is 0 Å². The molecule has 114 valence electrons. The first kappa shape index (κ1) is 13.3. The number of rotatable bonds is 4. The lowest BCUT2D eigenvalue weighted by Gasteiger charge is -2.07. The van der Waals surface area contributed by atoms with Crippen molar-refractivity contribution in [3.05, 3.63) is 35.5 Å². The van der Waals surface area contributed by atoms with Gasteiger partial charge in [0.05, 0.1) is 11.6 Å². The van der Waals surface area contributed by atoms with Gasteiger partial charge >= 0.3 is 0 Å². The van der Waals surface area contributed by atoms with Crippen molar-refractivity contribution < 1.29 is 0 Å². The van der Waals surface area contributed by atoms with E-state index in [0.717, 1.165) is 29.7 Å². The molecule has 1 aliphatic rings. The molecule has 0 aliphatic heterocycles. The summed E-state index contributed by atoms with van der Waals surface area (Å²) >= 11 is 0. The first-order valence-corrected chi connectivity index (χ1v) is 7.75. The molecule has 3 aromatic rings. The highest BCUT2D eigenvalue weighted by Crippen LogP contribution is 2.44. The Morgan fingerprint density at radius 2 is 2.27 bits per heavy atom. The first-order chi connectivity index (χ1) is 10.7. The van der Waals surface area contributed by atoms with Crippen LogP contribution in [0.1, 0.15) is 36.1 Å². The molecule has 0 amide bonds. The summed E-state index contributed by atoms with van der Waals surface area (Å²) in [6.07, 6.45) is 7.74. The second-order valence-electron chi connectivity index (χ2n) is 6.02. The van der Waals surface area contributed by atoms with Crippen LogP contribution in [0.5, 0.6) is 0 Å². The number of aromatic amines is 1. The van der Waals surface area contributed by atoms with Crippen LogP contribution in [0.15, 0.2) is 18.7 Å². The zero-order chi connectivity index (χ0) is 15.3. The van der Waals surface area contributed by atoms with E-state index in [2.05, 4.69) is 39.2 Å². The van der Waals surface area contributed by atoms with Gasteiger partial charge in [-0.05, 0) is 30.9 Å². The fourth-order valence-corrected chi connectivity index (χ4v) is 3.17. The Hall–Kier alpha value is -2.37. The molecule has 6 heteroatoms. The zero-order valence-electron chi connectivity index (χ0n) is 13.1. The van der Waals surface area contributed by atoms with Gasteiger partial charge in [-0.15, -0.1) is 0 Å². The monoisotopic (exact) mass is 296 g/mol. The standard InChI is InChI=1S/C16H20N6/c1-4-10-6-17-15-14(10)16(19-8-18-15)21-13-5-11(13)12-7-20-22(3)9(12)2/h6-8,11,13H,4-5H2,1-3H3,(H2,17,18,19,21)/t11-,13+/m0/s1. The summed E-state index contributed by atoms with van der Waals surface area (Å²) in [4.78, 5) is 12.0. The maximum atomic E-state index is 4.46. The summed E-state index contributed by atoms with van der Waals surface area (Å²) in [5.74, 6) is 1.47. The minimum atomic E-state index is 0.431. The first-order valence-electron chi connectivity index (χ1n) is 7.75. The van der Waals surface area contributed by atoms with Gasteiger partial charge in [-0.1, -0.05) is 6.92 Å². The second kappa shape index (κ2) is 4.83. The summed E-state index contributed by atoms with van der Waals surface area (Å²) in [6, 6.07) is 0.431. The predicted molar refractivity (Wildman–Crippen MR) is 86.0 cm³/mol. The Labute approximate surface area is 129 Å². The fraction of sp³-hybridized carbons (Fsp3) is 0.438. The van der Waals surface area contributed by atoms with Crippen molar-refractivity contribution in [1.29, 1.82) is 0 Å². The average Bonchev–Trinajstić information content (AvgIpc) is 3.00. The SMILES string of the molecule is CCc1c[nH]c2ncnc(N[C@@H]3C[C@H]3c3cnn(C)c3C)c12. The van der Waals surface area contributed by atoms with E-state index in [4.69, 9.17) is 0 Å². The normalized spacial score (nSPS) is 20.5. The van der Waals surface area contributed by atoms with Crippen molar-refractivity contribution in [1.82, 2.24) is 24.7 Å². The Kier molecular flexibility index (Phi) is 2.92. The van der Waals surface area contributed by atoms with E-state index in [1.165, 1.54) is 16.8 Å². The Balaban J connectivity index is 1.61. The van der Waals surface area contributed by atoms with Crippen LogP contribution in [0.25, 0.3) is 11.0 Å². The molecule has 0 aromatic carbocycles. The minimum Gasteiger partial charge on any atom is -0.366 e. The van der Waals surface area contributed by atoms with Crippen LogP contribution in [-0.4, -0.2) is 30.8 Å². The molecular weight excluding hydrogens is 276 g/mol. The maximum absolute atomic E-state index is 4.46. The average molecular weight is 296 g/mol. The number of hydrogen-bond donors (Lipinski definition) is 2. The molecule has 3 heterocycles. The fourth-order valence-electron chi connectivity index (χ4n) is 3.17. The molecule has 0 unspecified atom stereocenters. The number of anilines is 1. The topological polar surface area (TPSA) is 71.4 Å². The predicted octanol–water partition coefficient (Wildman–Crippen LogP) is 2.53. The van der Waals surface area contributed by atoms with Gasteiger partial charge in [-0.2, -0.15) is 5.10 Å². The third-order valence-corrected chi connectivity index (χ3v) is 4.72. The molecule has 3 aromatic heterocycles. The largest absolute Gasteiger partial charge is 0.366 e. The van der Waals surface area contributed by atoms with Gasteiger partial charge in [-0.3, -0.25) is 4.68 Å². The Bertz CT molecular complexity index is 830. The van der Waals surface area contributed by atoms with Gasteiger partial charge < -0.3 is 10.3 Å². The molecular formula is C16H20N6. The lowest BCUT2D eigenvalue weighted by atomic mass is 10.1. The smallest absolute Gasteiger partial charge is 0.143 e. The number of nitrogens with zero attached hydrogens (tertiary/aromatic N) is 4. The van der Waals surface area contributed by atoms with Crippen molar-refractivity contribution in [2.24, 2.45) is 7.05 Å². The van der Waals surface area contributed by atoms with Crippen molar-refractivity contribution in [2.75, 3.05) is 5.32 Å². The van der Waals surface area contributed by atoms with Crippen molar-refractivity contribution in [3.8, 4) is 0 Å². The van der Waals surface area contributed by atoms with Crippen LogP contribution in [0.3, 0.4) is 0 Å². The van der Waals surface area contributed by atoms with Gasteiger partial charge in [0.1, 0.15) is 17.8 Å².